The second-order valence-electron chi connectivity index (χ2n) is 3.27. The summed E-state index contributed by atoms with van der Waals surface area (Å²) in [6.07, 6.45) is 0.819. The molecule has 0 aliphatic rings. The molecule has 0 aliphatic carbocycles. The van der Waals surface area contributed by atoms with Gasteiger partial charge in [0.2, 0.25) is 0 Å². The Morgan fingerprint density at radius 3 is 2.41 bits per heavy atom. The molecule has 0 spiro atoms. The standard InChI is InChI=1S/C11H11Br2Cl2NO/c12-9-3-7(1-2-16)4-10(13)11(9)17-6-8(15)5-14/h3-5H,1-2,6,16H2/b8-5-. The van der Waals surface area contributed by atoms with Gasteiger partial charge in [0.05, 0.1) is 14.0 Å². The quantitative estimate of drug-likeness (QED) is 0.790. The Morgan fingerprint density at radius 2 is 1.94 bits per heavy atom. The van der Waals surface area contributed by atoms with Crippen molar-refractivity contribution in [2.24, 2.45) is 5.73 Å². The molecule has 0 heterocycles. The molecule has 0 saturated carbocycles. The molecule has 94 valence electrons. The highest BCUT2D eigenvalue weighted by Crippen LogP contribution is 2.35. The van der Waals surface area contributed by atoms with E-state index in [1.54, 1.807) is 0 Å². The molecule has 0 fully saturated rings. The van der Waals surface area contributed by atoms with Gasteiger partial charge in [0.25, 0.3) is 0 Å². The first kappa shape index (κ1) is 15.3. The fourth-order valence-electron chi connectivity index (χ4n) is 1.23. The molecule has 0 atom stereocenters. The van der Waals surface area contributed by atoms with E-state index in [1.165, 1.54) is 5.54 Å². The van der Waals surface area contributed by atoms with E-state index in [-0.39, 0.29) is 6.61 Å². The molecule has 17 heavy (non-hydrogen) atoms. The van der Waals surface area contributed by atoms with Gasteiger partial charge in [0.1, 0.15) is 12.4 Å². The molecular weight excluding hydrogens is 393 g/mol. The van der Waals surface area contributed by atoms with Crippen molar-refractivity contribution in [3.63, 3.8) is 0 Å². The first-order chi connectivity index (χ1) is 8.08. The zero-order valence-electron chi connectivity index (χ0n) is 8.85. The Kier molecular flexibility index (Phi) is 6.89. The zero-order valence-corrected chi connectivity index (χ0v) is 13.5. The average Bonchev–Trinajstić information content (AvgIpc) is 2.28. The summed E-state index contributed by atoms with van der Waals surface area (Å²) < 4.78 is 7.26. The van der Waals surface area contributed by atoms with Crippen molar-refractivity contribution >= 4 is 55.1 Å². The number of ether oxygens (including phenoxy) is 1. The first-order valence-corrected chi connectivity index (χ1v) is 7.24. The normalized spacial score (nSPS) is 11.7. The number of hydrogen-bond acceptors (Lipinski definition) is 2. The van der Waals surface area contributed by atoms with E-state index in [1.807, 2.05) is 12.1 Å². The number of nitrogens with two attached hydrogens (primary N) is 1. The van der Waals surface area contributed by atoms with Crippen molar-refractivity contribution in [1.82, 2.24) is 0 Å². The Balaban J connectivity index is 2.86. The summed E-state index contributed by atoms with van der Waals surface area (Å²) in [5.74, 6) is 0.697. The van der Waals surface area contributed by atoms with Crippen molar-refractivity contribution < 1.29 is 4.74 Å². The molecule has 6 heteroatoms. The van der Waals surface area contributed by atoms with Crippen molar-refractivity contribution in [2.75, 3.05) is 13.2 Å². The zero-order chi connectivity index (χ0) is 12.8. The van der Waals surface area contributed by atoms with Crippen LogP contribution in [0.1, 0.15) is 5.56 Å². The summed E-state index contributed by atoms with van der Waals surface area (Å²) in [5.41, 5.74) is 7.93. The number of benzene rings is 1. The lowest BCUT2D eigenvalue weighted by Crippen LogP contribution is -2.04. The molecule has 0 aliphatic heterocycles. The van der Waals surface area contributed by atoms with Crippen LogP contribution < -0.4 is 10.5 Å². The third-order valence-corrected chi connectivity index (χ3v) is 3.74. The third kappa shape index (κ3) is 4.79. The smallest absolute Gasteiger partial charge is 0.148 e. The summed E-state index contributed by atoms with van der Waals surface area (Å²) in [5, 5.41) is 0.441. The van der Waals surface area contributed by atoms with E-state index < -0.39 is 0 Å². The second-order valence-corrected chi connectivity index (χ2v) is 5.68. The summed E-state index contributed by atoms with van der Waals surface area (Å²) in [6, 6.07) is 3.95. The van der Waals surface area contributed by atoms with Crippen LogP contribution in [0.2, 0.25) is 0 Å². The minimum Gasteiger partial charge on any atom is -0.486 e. The maximum absolute atomic E-state index is 5.76. The van der Waals surface area contributed by atoms with Crippen molar-refractivity contribution in [3.8, 4) is 5.75 Å². The second kappa shape index (κ2) is 7.64. The molecule has 2 N–H and O–H groups in total. The molecule has 0 unspecified atom stereocenters. The number of halogens is 4. The minimum atomic E-state index is 0.235. The molecule has 0 bridgehead atoms. The van der Waals surface area contributed by atoms with E-state index in [4.69, 9.17) is 33.7 Å². The van der Waals surface area contributed by atoms with Crippen LogP contribution in [0.4, 0.5) is 0 Å². The van der Waals surface area contributed by atoms with Gasteiger partial charge in [-0.15, -0.1) is 0 Å². The highest BCUT2D eigenvalue weighted by molar-refractivity contribution is 9.11. The molecule has 0 radical (unpaired) electrons. The lowest BCUT2D eigenvalue weighted by Gasteiger charge is -2.11. The van der Waals surface area contributed by atoms with Crippen LogP contribution in [0.5, 0.6) is 5.75 Å². The van der Waals surface area contributed by atoms with Gasteiger partial charge in [0, 0.05) is 5.54 Å². The summed E-state index contributed by atoms with van der Waals surface area (Å²) >= 11 is 18.1. The predicted octanol–water partition coefficient (Wildman–Crippen LogP) is 4.41. The van der Waals surface area contributed by atoms with Crippen LogP contribution in [-0.2, 0) is 6.42 Å². The maximum Gasteiger partial charge on any atom is 0.148 e. The van der Waals surface area contributed by atoms with E-state index in [9.17, 15) is 0 Å². The fourth-order valence-corrected chi connectivity index (χ4v) is 2.86. The first-order valence-electron chi connectivity index (χ1n) is 4.84. The van der Waals surface area contributed by atoms with Crippen molar-refractivity contribution in [2.45, 2.75) is 6.42 Å². The Bertz CT molecular complexity index is 401. The Morgan fingerprint density at radius 1 is 1.35 bits per heavy atom. The van der Waals surface area contributed by atoms with Gasteiger partial charge in [-0.05, 0) is 62.5 Å². The minimum absolute atomic E-state index is 0.235. The van der Waals surface area contributed by atoms with Gasteiger partial charge >= 0.3 is 0 Å². The van der Waals surface area contributed by atoms with Gasteiger partial charge in [-0.3, -0.25) is 0 Å². The van der Waals surface area contributed by atoms with Crippen LogP contribution in [0.25, 0.3) is 0 Å². The van der Waals surface area contributed by atoms with Crippen LogP contribution in [-0.4, -0.2) is 13.2 Å². The number of rotatable bonds is 5. The van der Waals surface area contributed by atoms with Gasteiger partial charge < -0.3 is 10.5 Å². The van der Waals surface area contributed by atoms with Crippen LogP contribution in [0, 0.1) is 0 Å². The lowest BCUT2D eigenvalue weighted by atomic mass is 10.1. The van der Waals surface area contributed by atoms with E-state index in [0.717, 1.165) is 20.9 Å². The SMILES string of the molecule is NCCc1cc(Br)c(OC/C(Cl)=C/Cl)c(Br)c1. The molecule has 0 aromatic heterocycles. The number of hydrogen-bond donors (Lipinski definition) is 1. The monoisotopic (exact) mass is 401 g/mol. The van der Waals surface area contributed by atoms with Gasteiger partial charge in [-0.2, -0.15) is 0 Å². The van der Waals surface area contributed by atoms with Gasteiger partial charge in [-0.1, -0.05) is 23.2 Å². The fraction of sp³-hybridized carbons (Fsp3) is 0.273. The van der Waals surface area contributed by atoms with Gasteiger partial charge in [-0.25, -0.2) is 0 Å². The summed E-state index contributed by atoms with van der Waals surface area (Å²) in [4.78, 5) is 0. The topological polar surface area (TPSA) is 35.2 Å². The lowest BCUT2D eigenvalue weighted by molar-refractivity contribution is 0.354. The van der Waals surface area contributed by atoms with Crippen molar-refractivity contribution in [1.29, 1.82) is 0 Å². The summed E-state index contributed by atoms with van der Waals surface area (Å²) in [6.45, 7) is 0.846. The van der Waals surface area contributed by atoms with Crippen LogP contribution >= 0.6 is 55.1 Å². The van der Waals surface area contributed by atoms with Crippen LogP contribution in [0.3, 0.4) is 0 Å². The Labute approximate surface area is 127 Å². The highest BCUT2D eigenvalue weighted by atomic mass is 79.9. The predicted molar refractivity (Wildman–Crippen MR) is 79.9 cm³/mol. The van der Waals surface area contributed by atoms with E-state index in [0.29, 0.717) is 17.3 Å². The molecule has 2 nitrogen and oxygen atoms in total. The molecule has 1 rings (SSSR count). The molecule has 1 aromatic rings. The third-order valence-electron chi connectivity index (χ3n) is 1.96. The molecule has 0 saturated heterocycles. The Hall–Kier alpha value is 0.260. The summed E-state index contributed by atoms with van der Waals surface area (Å²) in [7, 11) is 0. The average molecular weight is 404 g/mol. The molecule has 1 aromatic carbocycles. The van der Waals surface area contributed by atoms with E-state index >= 15 is 0 Å². The van der Waals surface area contributed by atoms with Crippen molar-refractivity contribution in [3.05, 3.63) is 37.2 Å². The molecule has 0 amide bonds. The van der Waals surface area contributed by atoms with E-state index in [2.05, 4.69) is 31.9 Å². The molecular formula is C11H11Br2Cl2NO. The maximum atomic E-state index is 5.76. The largest absolute Gasteiger partial charge is 0.486 e. The van der Waals surface area contributed by atoms with Crippen LogP contribution in [0.15, 0.2) is 31.6 Å². The highest BCUT2D eigenvalue weighted by Gasteiger charge is 2.09. The van der Waals surface area contributed by atoms with Gasteiger partial charge in [0.15, 0.2) is 0 Å².